The Hall–Kier alpha value is -2.04. The van der Waals surface area contributed by atoms with Gasteiger partial charge in [0.2, 0.25) is 0 Å². The number of amides is 1. The summed E-state index contributed by atoms with van der Waals surface area (Å²) in [4.78, 5) is 14.5. The molecule has 0 heterocycles. The smallest absolute Gasteiger partial charge is 0.253 e. The summed E-state index contributed by atoms with van der Waals surface area (Å²) in [6, 6.07) is 6.86. The third kappa shape index (κ3) is 5.10. The first-order valence-corrected chi connectivity index (χ1v) is 7.22. The molecule has 0 saturated heterocycles. The van der Waals surface area contributed by atoms with Crippen LogP contribution in [-0.2, 0) is 0 Å². The number of carbonyl (C=O) groups is 1. The summed E-state index contributed by atoms with van der Waals surface area (Å²) in [5.41, 5.74) is 6.67. The summed E-state index contributed by atoms with van der Waals surface area (Å²) >= 11 is 0. The molecule has 0 aliphatic carbocycles. The van der Waals surface area contributed by atoms with Crippen molar-refractivity contribution >= 4 is 11.7 Å². The van der Waals surface area contributed by atoms with E-state index in [2.05, 4.69) is 32.9 Å². The average molecular weight is 291 g/mol. The van der Waals surface area contributed by atoms with Crippen molar-refractivity contribution in [2.45, 2.75) is 27.7 Å². The lowest BCUT2D eigenvalue weighted by Crippen LogP contribution is -2.37. The van der Waals surface area contributed by atoms with E-state index in [9.17, 15) is 4.79 Å². The highest BCUT2D eigenvalue weighted by molar-refractivity contribution is 6.01. The highest BCUT2D eigenvalue weighted by atomic mass is 16.4. The van der Waals surface area contributed by atoms with Gasteiger partial charge in [0.25, 0.3) is 5.91 Å². The molecule has 0 unspecified atom stereocenters. The minimum absolute atomic E-state index is 0.00363. The number of hydrogen-bond acceptors (Lipinski definition) is 3. The number of hydrogen-bond donors (Lipinski definition) is 2. The second-order valence-electron chi connectivity index (χ2n) is 6.06. The molecule has 0 atom stereocenters. The van der Waals surface area contributed by atoms with Crippen molar-refractivity contribution in [2.75, 3.05) is 13.1 Å². The van der Waals surface area contributed by atoms with E-state index in [1.165, 1.54) is 0 Å². The second kappa shape index (κ2) is 7.67. The van der Waals surface area contributed by atoms with E-state index in [1.54, 1.807) is 24.3 Å². The minimum atomic E-state index is -0.0232. The van der Waals surface area contributed by atoms with Crippen LogP contribution in [0.2, 0.25) is 0 Å². The maximum absolute atomic E-state index is 12.7. The zero-order valence-corrected chi connectivity index (χ0v) is 13.2. The third-order valence-corrected chi connectivity index (χ3v) is 2.97. The van der Waals surface area contributed by atoms with Crippen LogP contribution in [-0.4, -0.2) is 34.9 Å². The lowest BCUT2D eigenvalue weighted by molar-refractivity contribution is 0.0715. The quantitative estimate of drug-likeness (QED) is 0.366. The van der Waals surface area contributed by atoms with E-state index < -0.39 is 0 Å². The van der Waals surface area contributed by atoms with Crippen molar-refractivity contribution < 1.29 is 10.0 Å². The molecule has 0 aliphatic rings. The standard InChI is InChI=1S/C16H25N3O2/c1-11(2)9-19(10-12(3)4)16(20)14-7-5-6-13(8-14)15(17)18-21/h5-8,11-12,21H,9-10H2,1-4H3,(H2,17,18). The number of amidine groups is 1. The van der Waals surface area contributed by atoms with Crippen LogP contribution in [0.15, 0.2) is 29.4 Å². The van der Waals surface area contributed by atoms with Gasteiger partial charge >= 0.3 is 0 Å². The molecule has 0 spiro atoms. The summed E-state index contributed by atoms with van der Waals surface area (Å²) in [6.07, 6.45) is 0. The molecule has 1 rings (SSSR count). The van der Waals surface area contributed by atoms with Crippen molar-refractivity contribution in [3.05, 3.63) is 35.4 Å². The van der Waals surface area contributed by atoms with Gasteiger partial charge in [0, 0.05) is 24.2 Å². The molecule has 1 aromatic rings. The van der Waals surface area contributed by atoms with Crippen LogP contribution in [0.3, 0.4) is 0 Å². The van der Waals surface area contributed by atoms with Crippen LogP contribution in [0, 0.1) is 11.8 Å². The van der Waals surface area contributed by atoms with Gasteiger partial charge in [-0.15, -0.1) is 0 Å². The van der Waals surface area contributed by atoms with Crippen LogP contribution in [0.1, 0.15) is 43.6 Å². The largest absolute Gasteiger partial charge is 0.409 e. The molecule has 1 aromatic carbocycles. The Morgan fingerprint density at radius 2 is 1.71 bits per heavy atom. The van der Waals surface area contributed by atoms with Crippen LogP contribution < -0.4 is 5.73 Å². The Morgan fingerprint density at radius 1 is 1.19 bits per heavy atom. The summed E-state index contributed by atoms with van der Waals surface area (Å²) < 4.78 is 0. The first kappa shape index (κ1) is 17.0. The lowest BCUT2D eigenvalue weighted by Gasteiger charge is -2.26. The zero-order valence-electron chi connectivity index (χ0n) is 13.2. The van der Waals surface area contributed by atoms with Crippen LogP contribution in [0.25, 0.3) is 0 Å². The van der Waals surface area contributed by atoms with Gasteiger partial charge in [-0.2, -0.15) is 0 Å². The fraction of sp³-hybridized carbons (Fsp3) is 0.500. The molecule has 0 bridgehead atoms. The van der Waals surface area contributed by atoms with Gasteiger partial charge in [0.1, 0.15) is 0 Å². The molecule has 5 heteroatoms. The topological polar surface area (TPSA) is 78.9 Å². The van der Waals surface area contributed by atoms with Crippen molar-refractivity contribution in [2.24, 2.45) is 22.7 Å². The first-order chi connectivity index (χ1) is 9.85. The van der Waals surface area contributed by atoms with Gasteiger partial charge in [0.05, 0.1) is 0 Å². The van der Waals surface area contributed by atoms with Crippen LogP contribution in [0.4, 0.5) is 0 Å². The molecule has 0 saturated carbocycles. The summed E-state index contributed by atoms with van der Waals surface area (Å²) in [5.74, 6) is 0.786. The molecule has 116 valence electrons. The molecular formula is C16H25N3O2. The van der Waals surface area contributed by atoms with Crippen LogP contribution >= 0.6 is 0 Å². The monoisotopic (exact) mass is 291 g/mol. The maximum Gasteiger partial charge on any atom is 0.253 e. The SMILES string of the molecule is CC(C)CN(CC(C)C)C(=O)c1cccc(/C(N)=N/O)c1. The molecule has 3 N–H and O–H groups in total. The molecule has 0 fully saturated rings. The predicted molar refractivity (Wildman–Crippen MR) is 84.5 cm³/mol. The summed E-state index contributed by atoms with van der Waals surface area (Å²) in [6.45, 7) is 9.79. The van der Waals surface area contributed by atoms with E-state index in [4.69, 9.17) is 10.9 Å². The second-order valence-corrected chi connectivity index (χ2v) is 6.06. The summed E-state index contributed by atoms with van der Waals surface area (Å²) in [7, 11) is 0. The van der Waals surface area contributed by atoms with Crippen molar-refractivity contribution in [1.29, 1.82) is 0 Å². The molecule has 1 amide bonds. The van der Waals surface area contributed by atoms with E-state index in [1.807, 2.05) is 4.90 Å². The number of oxime groups is 1. The van der Waals surface area contributed by atoms with Gasteiger partial charge in [0.15, 0.2) is 5.84 Å². The predicted octanol–water partition coefficient (Wildman–Crippen LogP) is 2.54. The molecule has 0 radical (unpaired) electrons. The number of carbonyl (C=O) groups excluding carboxylic acids is 1. The van der Waals surface area contributed by atoms with Gasteiger partial charge < -0.3 is 15.8 Å². The third-order valence-electron chi connectivity index (χ3n) is 2.97. The molecule has 5 nitrogen and oxygen atoms in total. The highest BCUT2D eigenvalue weighted by Crippen LogP contribution is 2.12. The first-order valence-electron chi connectivity index (χ1n) is 7.22. The molecular weight excluding hydrogens is 266 g/mol. The molecule has 0 aromatic heterocycles. The van der Waals surface area contributed by atoms with Crippen molar-refractivity contribution in [3.8, 4) is 0 Å². The Kier molecular flexibility index (Phi) is 6.21. The highest BCUT2D eigenvalue weighted by Gasteiger charge is 2.18. The Balaban J connectivity index is 3.02. The van der Waals surface area contributed by atoms with Gasteiger partial charge in [-0.25, -0.2) is 0 Å². The molecule has 21 heavy (non-hydrogen) atoms. The van der Waals surface area contributed by atoms with Crippen molar-refractivity contribution in [3.63, 3.8) is 0 Å². The Morgan fingerprint density at radius 3 is 2.19 bits per heavy atom. The van der Waals surface area contributed by atoms with E-state index >= 15 is 0 Å². The zero-order chi connectivity index (χ0) is 16.0. The van der Waals surface area contributed by atoms with Gasteiger partial charge in [-0.3, -0.25) is 4.79 Å². The lowest BCUT2D eigenvalue weighted by atomic mass is 10.1. The van der Waals surface area contributed by atoms with E-state index in [-0.39, 0.29) is 11.7 Å². The van der Waals surface area contributed by atoms with Crippen LogP contribution in [0.5, 0.6) is 0 Å². The molecule has 0 aliphatic heterocycles. The fourth-order valence-corrected chi connectivity index (χ4v) is 2.17. The maximum atomic E-state index is 12.7. The Bertz CT molecular complexity index is 500. The number of benzene rings is 1. The van der Waals surface area contributed by atoms with Gasteiger partial charge in [-0.1, -0.05) is 45.0 Å². The number of rotatable bonds is 6. The van der Waals surface area contributed by atoms with E-state index in [0.29, 0.717) is 36.1 Å². The average Bonchev–Trinajstić information content (AvgIpc) is 2.44. The number of nitrogens with two attached hydrogens (primary N) is 1. The van der Waals surface area contributed by atoms with Crippen molar-refractivity contribution in [1.82, 2.24) is 4.90 Å². The Labute approximate surface area is 126 Å². The minimum Gasteiger partial charge on any atom is -0.409 e. The normalized spacial score (nSPS) is 12.0. The van der Waals surface area contributed by atoms with Gasteiger partial charge in [-0.05, 0) is 24.0 Å². The number of nitrogens with zero attached hydrogens (tertiary/aromatic N) is 2. The summed E-state index contributed by atoms with van der Waals surface area (Å²) in [5, 5.41) is 11.7. The fourth-order valence-electron chi connectivity index (χ4n) is 2.17. The van der Waals surface area contributed by atoms with E-state index in [0.717, 1.165) is 0 Å².